The molecule has 0 heterocycles. The third-order valence-electron chi connectivity index (χ3n) is 2.81. The zero-order valence-electron chi connectivity index (χ0n) is 11.2. The highest BCUT2D eigenvalue weighted by molar-refractivity contribution is 5.92. The van der Waals surface area contributed by atoms with Crippen LogP contribution in [0, 0.1) is 0 Å². The van der Waals surface area contributed by atoms with Gasteiger partial charge in [0.25, 0.3) is 0 Å². The summed E-state index contributed by atoms with van der Waals surface area (Å²) in [5.41, 5.74) is 1.14. The average molecular weight is 287 g/mol. The molecular formula is C15H13NO5. The van der Waals surface area contributed by atoms with Gasteiger partial charge < -0.3 is 20.3 Å². The van der Waals surface area contributed by atoms with E-state index in [4.69, 9.17) is 5.11 Å². The normalized spacial score (nSPS) is 9.95. The second-order valence-electron chi connectivity index (χ2n) is 4.23. The molecule has 2 aromatic carbocycles. The number of esters is 1. The highest BCUT2D eigenvalue weighted by Gasteiger charge is 2.10. The largest absolute Gasteiger partial charge is 0.506 e. The standard InChI is InChI=1S/C15H13NO5/c1-21-15(20)10-5-6-13(17)12(8-10)16-11-4-2-3-9(7-11)14(18)19/h2-8,16-17H,1H3,(H,18,19). The van der Waals surface area contributed by atoms with Gasteiger partial charge in [0.15, 0.2) is 0 Å². The maximum Gasteiger partial charge on any atom is 0.337 e. The predicted molar refractivity (Wildman–Crippen MR) is 76.1 cm³/mol. The summed E-state index contributed by atoms with van der Waals surface area (Å²) in [5.74, 6) is -1.65. The number of rotatable bonds is 4. The van der Waals surface area contributed by atoms with Gasteiger partial charge in [-0.1, -0.05) is 6.07 Å². The molecule has 108 valence electrons. The molecule has 0 bridgehead atoms. The summed E-state index contributed by atoms with van der Waals surface area (Å²) in [4.78, 5) is 22.4. The smallest absolute Gasteiger partial charge is 0.337 e. The molecule has 21 heavy (non-hydrogen) atoms. The van der Waals surface area contributed by atoms with Crippen molar-refractivity contribution in [3.8, 4) is 5.75 Å². The number of carbonyl (C=O) groups is 2. The minimum atomic E-state index is -1.05. The molecule has 6 nitrogen and oxygen atoms in total. The molecule has 0 aliphatic heterocycles. The topological polar surface area (TPSA) is 95.9 Å². The Kier molecular flexibility index (Phi) is 4.08. The summed E-state index contributed by atoms with van der Waals surface area (Å²) in [6.45, 7) is 0. The van der Waals surface area contributed by atoms with E-state index in [9.17, 15) is 14.7 Å². The molecule has 0 aliphatic rings. The van der Waals surface area contributed by atoms with Crippen molar-refractivity contribution in [3.05, 3.63) is 53.6 Å². The van der Waals surface area contributed by atoms with E-state index < -0.39 is 11.9 Å². The van der Waals surface area contributed by atoms with Crippen LogP contribution in [0.5, 0.6) is 5.75 Å². The van der Waals surface area contributed by atoms with Crippen LogP contribution in [0.15, 0.2) is 42.5 Å². The third kappa shape index (κ3) is 3.30. The quantitative estimate of drug-likeness (QED) is 0.591. The lowest BCUT2D eigenvalue weighted by atomic mass is 10.1. The van der Waals surface area contributed by atoms with Gasteiger partial charge in [-0.15, -0.1) is 0 Å². The van der Waals surface area contributed by atoms with Gasteiger partial charge in [-0.05, 0) is 36.4 Å². The summed E-state index contributed by atoms with van der Waals surface area (Å²) < 4.78 is 4.61. The number of benzene rings is 2. The zero-order valence-corrected chi connectivity index (χ0v) is 11.2. The first-order valence-corrected chi connectivity index (χ1v) is 6.03. The first kappa shape index (κ1) is 14.4. The molecule has 2 rings (SSSR count). The van der Waals surface area contributed by atoms with Gasteiger partial charge in [0.05, 0.1) is 23.9 Å². The van der Waals surface area contributed by atoms with Gasteiger partial charge in [0.2, 0.25) is 0 Å². The fourth-order valence-corrected chi connectivity index (χ4v) is 1.77. The molecular weight excluding hydrogens is 274 g/mol. The number of nitrogens with one attached hydrogen (secondary N) is 1. The Bertz CT molecular complexity index is 696. The number of carboxylic acids is 1. The number of phenols is 1. The summed E-state index contributed by atoms with van der Waals surface area (Å²) in [5, 5.41) is 21.6. The molecule has 0 fully saturated rings. The number of phenolic OH excluding ortho intramolecular Hbond substituents is 1. The molecule has 0 saturated carbocycles. The Labute approximate surface area is 120 Å². The fraction of sp³-hybridized carbons (Fsp3) is 0.0667. The number of hydrogen-bond donors (Lipinski definition) is 3. The monoisotopic (exact) mass is 287 g/mol. The SMILES string of the molecule is COC(=O)c1ccc(O)c(Nc2cccc(C(=O)O)c2)c1. The predicted octanol–water partition coefficient (Wildman–Crippen LogP) is 2.62. The molecule has 0 aliphatic carbocycles. The lowest BCUT2D eigenvalue weighted by Crippen LogP contribution is -2.02. The molecule has 0 aromatic heterocycles. The lowest BCUT2D eigenvalue weighted by molar-refractivity contribution is 0.0600. The van der Waals surface area contributed by atoms with Gasteiger partial charge in [0.1, 0.15) is 5.75 Å². The van der Waals surface area contributed by atoms with Crippen LogP contribution in [0.1, 0.15) is 20.7 Å². The summed E-state index contributed by atoms with van der Waals surface area (Å²) in [6.07, 6.45) is 0. The summed E-state index contributed by atoms with van der Waals surface area (Å²) in [7, 11) is 1.26. The molecule has 0 saturated heterocycles. The van der Waals surface area contributed by atoms with Crippen molar-refractivity contribution in [1.82, 2.24) is 0 Å². The molecule has 2 aromatic rings. The van der Waals surface area contributed by atoms with E-state index in [2.05, 4.69) is 10.1 Å². The average Bonchev–Trinajstić information content (AvgIpc) is 2.49. The lowest BCUT2D eigenvalue weighted by Gasteiger charge is -2.10. The molecule has 6 heteroatoms. The van der Waals surface area contributed by atoms with Crippen molar-refractivity contribution in [3.63, 3.8) is 0 Å². The second-order valence-corrected chi connectivity index (χ2v) is 4.23. The number of anilines is 2. The number of carboxylic acid groups (broad SMARTS) is 1. The van der Waals surface area contributed by atoms with E-state index in [1.807, 2.05) is 0 Å². The Hall–Kier alpha value is -3.02. The third-order valence-corrected chi connectivity index (χ3v) is 2.81. The minimum Gasteiger partial charge on any atom is -0.506 e. The van der Waals surface area contributed by atoms with Crippen LogP contribution in [0.3, 0.4) is 0 Å². The number of ether oxygens (including phenoxy) is 1. The minimum absolute atomic E-state index is 0.0663. The van der Waals surface area contributed by atoms with Gasteiger partial charge >= 0.3 is 11.9 Å². The number of aromatic hydroxyl groups is 1. The number of aromatic carboxylic acids is 1. The van der Waals surface area contributed by atoms with Crippen molar-refractivity contribution >= 4 is 23.3 Å². The molecule has 0 atom stereocenters. The van der Waals surface area contributed by atoms with E-state index in [0.717, 1.165) is 0 Å². The van der Waals surface area contributed by atoms with E-state index in [0.29, 0.717) is 5.69 Å². The van der Waals surface area contributed by atoms with Crippen LogP contribution in [0.2, 0.25) is 0 Å². The van der Waals surface area contributed by atoms with Crippen molar-refractivity contribution in [2.24, 2.45) is 0 Å². The highest BCUT2D eigenvalue weighted by atomic mass is 16.5. The van der Waals surface area contributed by atoms with Crippen molar-refractivity contribution in [1.29, 1.82) is 0 Å². The maximum atomic E-state index is 11.5. The van der Waals surface area contributed by atoms with E-state index in [1.54, 1.807) is 12.1 Å². The highest BCUT2D eigenvalue weighted by Crippen LogP contribution is 2.28. The first-order valence-electron chi connectivity index (χ1n) is 6.03. The number of carbonyl (C=O) groups excluding carboxylic acids is 1. The Morgan fingerprint density at radius 2 is 1.86 bits per heavy atom. The van der Waals surface area contributed by atoms with Crippen LogP contribution < -0.4 is 5.32 Å². The van der Waals surface area contributed by atoms with Gasteiger partial charge in [0, 0.05) is 5.69 Å². The Morgan fingerprint density at radius 3 is 2.52 bits per heavy atom. The van der Waals surface area contributed by atoms with E-state index in [1.165, 1.54) is 37.4 Å². The van der Waals surface area contributed by atoms with Crippen LogP contribution in [0.25, 0.3) is 0 Å². The second kappa shape index (κ2) is 5.96. The first-order chi connectivity index (χ1) is 10.0. The summed E-state index contributed by atoms with van der Waals surface area (Å²) >= 11 is 0. The van der Waals surface area contributed by atoms with Crippen LogP contribution in [0.4, 0.5) is 11.4 Å². The molecule has 0 unspecified atom stereocenters. The van der Waals surface area contributed by atoms with Crippen LogP contribution in [-0.4, -0.2) is 29.3 Å². The fourth-order valence-electron chi connectivity index (χ4n) is 1.77. The van der Waals surface area contributed by atoms with Gasteiger partial charge in [-0.25, -0.2) is 9.59 Å². The van der Waals surface area contributed by atoms with Crippen molar-refractivity contribution in [2.75, 3.05) is 12.4 Å². The van der Waals surface area contributed by atoms with E-state index in [-0.39, 0.29) is 22.6 Å². The molecule has 0 radical (unpaired) electrons. The zero-order chi connectivity index (χ0) is 15.4. The molecule has 3 N–H and O–H groups in total. The summed E-state index contributed by atoms with van der Waals surface area (Å²) in [6, 6.07) is 10.3. The van der Waals surface area contributed by atoms with Crippen LogP contribution >= 0.6 is 0 Å². The Morgan fingerprint density at radius 1 is 1.10 bits per heavy atom. The van der Waals surface area contributed by atoms with E-state index >= 15 is 0 Å². The Balaban J connectivity index is 2.32. The van der Waals surface area contributed by atoms with Gasteiger partial charge in [-0.3, -0.25) is 0 Å². The van der Waals surface area contributed by atoms with Gasteiger partial charge in [-0.2, -0.15) is 0 Å². The number of hydrogen-bond acceptors (Lipinski definition) is 5. The van der Waals surface area contributed by atoms with Crippen molar-refractivity contribution in [2.45, 2.75) is 0 Å². The molecule has 0 spiro atoms. The van der Waals surface area contributed by atoms with Crippen LogP contribution in [-0.2, 0) is 4.74 Å². The number of methoxy groups -OCH3 is 1. The molecule has 0 amide bonds. The maximum absolute atomic E-state index is 11.5. The van der Waals surface area contributed by atoms with Crippen molar-refractivity contribution < 1.29 is 24.5 Å².